The number of guanidine groups is 1. The summed E-state index contributed by atoms with van der Waals surface area (Å²) in [6.07, 6.45) is 4.99. The van der Waals surface area contributed by atoms with E-state index in [1.54, 1.807) is 23.1 Å². The largest absolute Gasteiger partial charge is 0.356 e. The standard InChI is InChI=1S/C18H28N6OS/c1-19-17(22(2)13-9-15-7-5-14-26-15)20-10-6-12-24-18(25)23-11-4-3-8-16(23)21-24/h5,7,14H,3-4,6,8-13H2,1-2H3,(H,19,20). The second-order valence-electron chi connectivity index (χ2n) is 6.61. The third-order valence-corrected chi connectivity index (χ3v) is 5.64. The second-order valence-corrected chi connectivity index (χ2v) is 7.64. The first-order chi connectivity index (χ1) is 12.7. The number of aliphatic imine (C=N–C) groups is 1. The highest BCUT2D eigenvalue weighted by Crippen LogP contribution is 2.10. The van der Waals surface area contributed by atoms with Crippen molar-refractivity contribution in [2.24, 2.45) is 4.99 Å². The number of hydrogen-bond donors (Lipinski definition) is 1. The van der Waals surface area contributed by atoms with Crippen LogP contribution >= 0.6 is 11.3 Å². The van der Waals surface area contributed by atoms with Crippen molar-refractivity contribution in [3.63, 3.8) is 0 Å². The van der Waals surface area contributed by atoms with E-state index in [0.29, 0.717) is 6.54 Å². The van der Waals surface area contributed by atoms with Crippen LogP contribution in [0.3, 0.4) is 0 Å². The number of nitrogens with one attached hydrogen (secondary N) is 1. The highest BCUT2D eigenvalue weighted by molar-refractivity contribution is 7.09. The van der Waals surface area contributed by atoms with Gasteiger partial charge in [0.15, 0.2) is 5.96 Å². The number of hydrogen-bond acceptors (Lipinski definition) is 4. The molecule has 7 nitrogen and oxygen atoms in total. The molecular weight excluding hydrogens is 348 g/mol. The van der Waals surface area contributed by atoms with E-state index in [9.17, 15) is 4.79 Å². The Morgan fingerprint density at radius 3 is 3.08 bits per heavy atom. The van der Waals surface area contributed by atoms with Crippen LogP contribution in [0.25, 0.3) is 0 Å². The minimum atomic E-state index is 0.0390. The van der Waals surface area contributed by atoms with Gasteiger partial charge in [0.2, 0.25) is 0 Å². The number of aryl methyl sites for hydroxylation is 2. The van der Waals surface area contributed by atoms with Gasteiger partial charge in [-0.15, -0.1) is 11.3 Å². The normalized spacial score (nSPS) is 14.3. The molecule has 8 heteroatoms. The van der Waals surface area contributed by atoms with Crippen LogP contribution in [0.5, 0.6) is 0 Å². The highest BCUT2D eigenvalue weighted by Gasteiger charge is 2.16. The van der Waals surface area contributed by atoms with Crippen molar-refractivity contribution in [1.82, 2.24) is 24.6 Å². The van der Waals surface area contributed by atoms with E-state index in [1.807, 2.05) is 4.57 Å². The van der Waals surface area contributed by atoms with Crippen molar-refractivity contribution < 1.29 is 0 Å². The van der Waals surface area contributed by atoms with Gasteiger partial charge in [0.25, 0.3) is 0 Å². The molecule has 0 fully saturated rings. The van der Waals surface area contributed by atoms with Gasteiger partial charge in [-0.1, -0.05) is 6.07 Å². The fourth-order valence-corrected chi connectivity index (χ4v) is 3.94. The fraction of sp³-hybridized carbons (Fsp3) is 0.611. The van der Waals surface area contributed by atoms with Gasteiger partial charge in [-0.3, -0.25) is 9.56 Å². The summed E-state index contributed by atoms with van der Waals surface area (Å²) in [7, 11) is 3.86. The molecule has 0 aliphatic carbocycles. The molecule has 3 rings (SSSR count). The Morgan fingerprint density at radius 2 is 2.35 bits per heavy atom. The molecule has 2 aromatic heterocycles. The average Bonchev–Trinajstić information content (AvgIpc) is 3.28. The lowest BCUT2D eigenvalue weighted by atomic mass is 10.2. The van der Waals surface area contributed by atoms with Crippen LogP contribution in [0.4, 0.5) is 0 Å². The molecule has 2 aromatic rings. The molecule has 1 aliphatic heterocycles. The summed E-state index contributed by atoms with van der Waals surface area (Å²) in [4.78, 5) is 20.2. The highest BCUT2D eigenvalue weighted by atomic mass is 32.1. The minimum absolute atomic E-state index is 0.0390. The summed E-state index contributed by atoms with van der Waals surface area (Å²) in [5.41, 5.74) is 0.0390. The summed E-state index contributed by atoms with van der Waals surface area (Å²) < 4.78 is 3.44. The molecule has 3 heterocycles. The molecule has 142 valence electrons. The van der Waals surface area contributed by atoms with E-state index in [-0.39, 0.29) is 5.69 Å². The maximum Gasteiger partial charge on any atom is 0.345 e. The van der Waals surface area contributed by atoms with E-state index in [1.165, 1.54) is 4.88 Å². The van der Waals surface area contributed by atoms with E-state index in [0.717, 1.165) is 63.5 Å². The van der Waals surface area contributed by atoms with E-state index in [2.05, 4.69) is 44.9 Å². The third kappa shape index (κ3) is 4.55. The molecule has 26 heavy (non-hydrogen) atoms. The number of fused-ring (bicyclic) bond motifs is 1. The van der Waals surface area contributed by atoms with E-state index < -0.39 is 0 Å². The van der Waals surface area contributed by atoms with Gasteiger partial charge in [-0.05, 0) is 37.1 Å². The quantitative estimate of drug-likeness (QED) is 0.453. The zero-order valence-electron chi connectivity index (χ0n) is 15.6. The molecule has 0 saturated carbocycles. The Morgan fingerprint density at radius 1 is 1.46 bits per heavy atom. The summed E-state index contributed by atoms with van der Waals surface area (Å²) in [6.45, 7) is 3.15. The Balaban J connectivity index is 1.43. The lowest BCUT2D eigenvalue weighted by Gasteiger charge is -2.21. The van der Waals surface area contributed by atoms with Crippen LogP contribution in [-0.2, 0) is 25.9 Å². The number of thiophene rings is 1. The zero-order chi connectivity index (χ0) is 18.4. The van der Waals surface area contributed by atoms with Crippen molar-refractivity contribution in [3.05, 3.63) is 38.7 Å². The Labute approximate surface area is 158 Å². The average molecular weight is 377 g/mol. The van der Waals surface area contributed by atoms with Crippen LogP contribution in [0, 0.1) is 0 Å². The fourth-order valence-electron chi connectivity index (χ4n) is 3.25. The molecule has 0 bridgehead atoms. The van der Waals surface area contributed by atoms with Crippen molar-refractivity contribution in [3.8, 4) is 0 Å². The Hall–Kier alpha value is -2.09. The number of rotatable bonds is 7. The molecule has 0 saturated heterocycles. The molecule has 0 radical (unpaired) electrons. The van der Waals surface area contributed by atoms with Crippen LogP contribution in [-0.4, -0.2) is 52.4 Å². The predicted octanol–water partition coefficient (Wildman–Crippen LogP) is 1.58. The molecule has 0 atom stereocenters. The SMILES string of the molecule is CN=C(NCCCn1nc2n(c1=O)CCCC2)N(C)CCc1cccs1. The van der Waals surface area contributed by atoms with Crippen molar-refractivity contribution >= 4 is 17.3 Å². The van der Waals surface area contributed by atoms with Gasteiger partial charge in [0.05, 0.1) is 0 Å². The molecule has 0 aromatic carbocycles. The molecule has 1 N–H and O–H groups in total. The second kappa shape index (κ2) is 9.02. The van der Waals surface area contributed by atoms with Gasteiger partial charge in [-0.2, -0.15) is 5.10 Å². The first-order valence-electron chi connectivity index (χ1n) is 9.29. The van der Waals surface area contributed by atoms with Gasteiger partial charge < -0.3 is 10.2 Å². The number of aromatic nitrogens is 3. The summed E-state index contributed by atoms with van der Waals surface area (Å²) in [5.74, 6) is 1.83. The minimum Gasteiger partial charge on any atom is -0.356 e. The lowest BCUT2D eigenvalue weighted by molar-refractivity contribution is 0.478. The third-order valence-electron chi connectivity index (χ3n) is 4.71. The van der Waals surface area contributed by atoms with Crippen LogP contribution in [0.2, 0.25) is 0 Å². The van der Waals surface area contributed by atoms with Crippen molar-refractivity contribution in [2.75, 3.05) is 27.2 Å². The molecule has 0 unspecified atom stereocenters. The number of nitrogens with zero attached hydrogens (tertiary/aromatic N) is 5. The van der Waals surface area contributed by atoms with Gasteiger partial charge in [0.1, 0.15) is 5.82 Å². The molecular formula is C18H28N6OS. The van der Waals surface area contributed by atoms with Crippen LogP contribution in [0.15, 0.2) is 27.3 Å². The summed E-state index contributed by atoms with van der Waals surface area (Å²) >= 11 is 1.79. The number of likely N-dealkylation sites (N-methyl/N-ethyl adjacent to an activating group) is 1. The van der Waals surface area contributed by atoms with Crippen LogP contribution in [0.1, 0.15) is 30.0 Å². The van der Waals surface area contributed by atoms with E-state index >= 15 is 0 Å². The molecule has 0 amide bonds. The predicted molar refractivity (Wildman–Crippen MR) is 106 cm³/mol. The topological polar surface area (TPSA) is 67.5 Å². The monoisotopic (exact) mass is 376 g/mol. The maximum absolute atomic E-state index is 12.3. The maximum atomic E-state index is 12.3. The summed E-state index contributed by atoms with van der Waals surface area (Å²) in [5, 5.41) is 9.97. The first kappa shape index (κ1) is 18.7. The summed E-state index contributed by atoms with van der Waals surface area (Å²) in [6, 6.07) is 4.25. The van der Waals surface area contributed by atoms with Gasteiger partial charge >= 0.3 is 5.69 Å². The molecule has 1 aliphatic rings. The van der Waals surface area contributed by atoms with Gasteiger partial charge in [-0.25, -0.2) is 9.48 Å². The Kier molecular flexibility index (Phi) is 6.49. The van der Waals surface area contributed by atoms with Crippen molar-refractivity contribution in [2.45, 2.75) is 45.2 Å². The first-order valence-corrected chi connectivity index (χ1v) is 10.2. The Bertz CT molecular complexity index is 776. The van der Waals surface area contributed by atoms with Gasteiger partial charge in [0, 0.05) is 51.6 Å². The lowest BCUT2D eigenvalue weighted by Crippen LogP contribution is -2.40. The smallest absolute Gasteiger partial charge is 0.345 e. The van der Waals surface area contributed by atoms with Crippen LogP contribution < -0.4 is 11.0 Å². The zero-order valence-corrected chi connectivity index (χ0v) is 16.5. The van der Waals surface area contributed by atoms with Crippen molar-refractivity contribution in [1.29, 1.82) is 0 Å². The van der Waals surface area contributed by atoms with E-state index in [4.69, 9.17) is 0 Å². The molecule has 0 spiro atoms.